The molecule has 21 heavy (non-hydrogen) atoms. The summed E-state index contributed by atoms with van der Waals surface area (Å²) in [7, 11) is 0. The largest absolute Gasteiger partial charge is 0.315 e. The van der Waals surface area contributed by atoms with Crippen molar-refractivity contribution in [1.82, 2.24) is 10.2 Å². The van der Waals surface area contributed by atoms with Gasteiger partial charge in [-0.2, -0.15) is 0 Å². The van der Waals surface area contributed by atoms with E-state index in [1.54, 1.807) is 17.4 Å². The molecule has 1 aliphatic heterocycles. The second-order valence-corrected chi connectivity index (χ2v) is 6.20. The SMILES string of the molecule is Fc1ccc(C(c2cccs2)N2CCCNCC2)c(F)c1. The van der Waals surface area contributed by atoms with Gasteiger partial charge in [0.2, 0.25) is 0 Å². The molecule has 1 N–H and O–H groups in total. The highest BCUT2D eigenvalue weighted by molar-refractivity contribution is 7.10. The highest BCUT2D eigenvalue weighted by atomic mass is 32.1. The molecule has 1 aliphatic rings. The molecule has 2 nitrogen and oxygen atoms in total. The fourth-order valence-electron chi connectivity index (χ4n) is 2.82. The number of thiophene rings is 1. The average Bonchev–Trinajstić information content (AvgIpc) is 2.85. The fraction of sp³-hybridized carbons (Fsp3) is 0.375. The lowest BCUT2D eigenvalue weighted by Gasteiger charge is -2.30. The van der Waals surface area contributed by atoms with Gasteiger partial charge in [-0.1, -0.05) is 12.1 Å². The standard InChI is InChI=1S/C16H18F2N2S/c17-12-4-5-13(14(18)11-12)16(15-3-1-10-21-15)20-8-2-6-19-7-9-20/h1,3-5,10-11,16,19H,2,6-9H2. The molecule has 1 fully saturated rings. The Hall–Kier alpha value is -1.30. The van der Waals surface area contributed by atoms with Crippen LogP contribution in [-0.2, 0) is 0 Å². The van der Waals surface area contributed by atoms with Crippen molar-refractivity contribution in [2.24, 2.45) is 0 Å². The second-order valence-electron chi connectivity index (χ2n) is 5.22. The number of nitrogens with zero attached hydrogens (tertiary/aromatic N) is 1. The van der Waals surface area contributed by atoms with Crippen LogP contribution in [0.2, 0.25) is 0 Å². The summed E-state index contributed by atoms with van der Waals surface area (Å²) in [6.07, 6.45) is 1.03. The quantitative estimate of drug-likeness (QED) is 0.935. The molecule has 0 saturated carbocycles. The van der Waals surface area contributed by atoms with Crippen LogP contribution in [0.25, 0.3) is 0 Å². The van der Waals surface area contributed by atoms with E-state index in [2.05, 4.69) is 10.2 Å². The van der Waals surface area contributed by atoms with Crippen molar-refractivity contribution in [2.75, 3.05) is 26.2 Å². The third-order valence-electron chi connectivity index (χ3n) is 3.81. The molecule has 3 rings (SSSR count). The summed E-state index contributed by atoms with van der Waals surface area (Å²) < 4.78 is 27.5. The van der Waals surface area contributed by atoms with E-state index < -0.39 is 11.6 Å². The van der Waals surface area contributed by atoms with E-state index >= 15 is 0 Å². The van der Waals surface area contributed by atoms with E-state index in [4.69, 9.17) is 0 Å². The molecule has 5 heteroatoms. The molecular formula is C16H18F2N2S. The minimum atomic E-state index is -0.529. The smallest absolute Gasteiger partial charge is 0.131 e. The van der Waals surface area contributed by atoms with Crippen LogP contribution in [0, 0.1) is 11.6 Å². The van der Waals surface area contributed by atoms with Crippen LogP contribution in [0.1, 0.15) is 22.9 Å². The summed E-state index contributed by atoms with van der Waals surface area (Å²) >= 11 is 1.62. The Labute approximate surface area is 127 Å². The third-order valence-corrected chi connectivity index (χ3v) is 4.73. The molecule has 1 saturated heterocycles. The van der Waals surface area contributed by atoms with Crippen LogP contribution in [-0.4, -0.2) is 31.1 Å². The zero-order valence-electron chi connectivity index (χ0n) is 11.7. The zero-order valence-corrected chi connectivity index (χ0v) is 12.5. The number of rotatable bonds is 3. The summed E-state index contributed by atoms with van der Waals surface area (Å²) in [6, 6.07) is 7.76. The highest BCUT2D eigenvalue weighted by Crippen LogP contribution is 2.33. The predicted molar refractivity (Wildman–Crippen MR) is 81.6 cm³/mol. The van der Waals surface area contributed by atoms with Gasteiger partial charge in [-0.05, 0) is 30.5 Å². The van der Waals surface area contributed by atoms with Crippen LogP contribution in [0.15, 0.2) is 35.7 Å². The topological polar surface area (TPSA) is 15.3 Å². The lowest BCUT2D eigenvalue weighted by atomic mass is 10.0. The van der Waals surface area contributed by atoms with E-state index in [9.17, 15) is 8.78 Å². The Morgan fingerprint density at radius 1 is 1.14 bits per heavy atom. The first-order valence-electron chi connectivity index (χ1n) is 7.19. The lowest BCUT2D eigenvalue weighted by molar-refractivity contribution is 0.239. The van der Waals surface area contributed by atoms with Crippen molar-refractivity contribution in [1.29, 1.82) is 0 Å². The van der Waals surface area contributed by atoms with Crippen molar-refractivity contribution in [3.8, 4) is 0 Å². The molecule has 0 radical (unpaired) electrons. The van der Waals surface area contributed by atoms with E-state index in [1.807, 2.05) is 17.5 Å². The molecule has 0 amide bonds. The minimum absolute atomic E-state index is 0.134. The summed E-state index contributed by atoms with van der Waals surface area (Å²) in [5.74, 6) is -0.996. The van der Waals surface area contributed by atoms with Crippen LogP contribution in [0.4, 0.5) is 8.78 Å². The van der Waals surface area contributed by atoms with Crippen molar-refractivity contribution < 1.29 is 8.78 Å². The number of benzene rings is 1. The van der Waals surface area contributed by atoms with Gasteiger partial charge in [0.05, 0.1) is 6.04 Å². The van der Waals surface area contributed by atoms with Crippen LogP contribution < -0.4 is 5.32 Å². The molecule has 112 valence electrons. The van der Waals surface area contributed by atoms with Gasteiger partial charge in [-0.3, -0.25) is 4.90 Å². The number of halogens is 2. The molecule has 0 bridgehead atoms. The van der Waals surface area contributed by atoms with Gasteiger partial charge in [0.15, 0.2) is 0 Å². The average molecular weight is 308 g/mol. The van der Waals surface area contributed by atoms with E-state index in [0.717, 1.165) is 43.5 Å². The first-order valence-corrected chi connectivity index (χ1v) is 8.07. The molecule has 0 spiro atoms. The molecule has 0 aliphatic carbocycles. The van der Waals surface area contributed by atoms with Crippen LogP contribution in [0.3, 0.4) is 0 Å². The van der Waals surface area contributed by atoms with Gasteiger partial charge in [-0.25, -0.2) is 8.78 Å². The Morgan fingerprint density at radius 3 is 2.81 bits per heavy atom. The van der Waals surface area contributed by atoms with E-state index in [-0.39, 0.29) is 6.04 Å². The molecule has 2 aromatic rings. The predicted octanol–water partition coefficient (Wildman–Crippen LogP) is 3.41. The normalized spacial score (nSPS) is 18.4. The molecular weight excluding hydrogens is 290 g/mol. The summed E-state index contributed by atoms with van der Waals surface area (Å²) in [4.78, 5) is 3.38. The highest BCUT2D eigenvalue weighted by Gasteiger charge is 2.26. The van der Waals surface area contributed by atoms with Crippen molar-refractivity contribution in [2.45, 2.75) is 12.5 Å². The Morgan fingerprint density at radius 2 is 2.05 bits per heavy atom. The van der Waals surface area contributed by atoms with Gasteiger partial charge in [0, 0.05) is 36.1 Å². The second kappa shape index (κ2) is 6.64. The maximum Gasteiger partial charge on any atom is 0.131 e. The minimum Gasteiger partial charge on any atom is -0.315 e. The van der Waals surface area contributed by atoms with Gasteiger partial charge >= 0.3 is 0 Å². The fourth-order valence-corrected chi connectivity index (χ4v) is 3.70. The molecule has 1 aromatic carbocycles. The number of hydrogen-bond acceptors (Lipinski definition) is 3. The first-order chi connectivity index (χ1) is 10.3. The first kappa shape index (κ1) is 14.6. The number of nitrogens with one attached hydrogen (secondary N) is 1. The van der Waals surface area contributed by atoms with Crippen molar-refractivity contribution in [3.05, 3.63) is 57.8 Å². The molecule has 2 heterocycles. The van der Waals surface area contributed by atoms with Gasteiger partial charge in [0.1, 0.15) is 11.6 Å². The lowest BCUT2D eigenvalue weighted by Crippen LogP contribution is -2.33. The molecule has 1 atom stereocenters. The number of hydrogen-bond donors (Lipinski definition) is 1. The maximum atomic E-state index is 14.3. The Balaban J connectivity index is 1.99. The summed E-state index contributed by atoms with van der Waals surface area (Å²) in [5, 5.41) is 5.36. The van der Waals surface area contributed by atoms with Crippen molar-refractivity contribution in [3.63, 3.8) is 0 Å². The van der Waals surface area contributed by atoms with Gasteiger partial charge in [0.25, 0.3) is 0 Å². The van der Waals surface area contributed by atoms with Gasteiger partial charge in [-0.15, -0.1) is 11.3 Å². The summed E-state index contributed by atoms with van der Waals surface area (Å²) in [5.41, 5.74) is 0.556. The van der Waals surface area contributed by atoms with E-state index in [1.165, 1.54) is 6.07 Å². The van der Waals surface area contributed by atoms with Gasteiger partial charge < -0.3 is 5.32 Å². The van der Waals surface area contributed by atoms with Crippen LogP contribution in [0.5, 0.6) is 0 Å². The van der Waals surface area contributed by atoms with Crippen LogP contribution >= 0.6 is 11.3 Å². The monoisotopic (exact) mass is 308 g/mol. The molecule has 1 unspecified atom stereocenters. The van der Waals surface area contributed by atoms with Crippen molar-refractivity contribution >= 4 is 11.3 Å². The maximum absolute atomic E-state index is 14.3. The molecule has 1 aromatic heterocycles. The Kier molecular flexibility index (Phi) is 4.63. The summed E-state index contributed by atoms with van der Waals surface area (Å²) in [6.45, 7) is 3.65. The Bertz CT molecular complexity index is 578. The van der Waals surface area contributed by atoms with E-state index in [0.29, 0.717) is 5.56 Å². The third kappa shape index (κ3) is 3.31. The zero-order chi connectivity index (χ0) is 14.7.